The molecular weight excluding hydrogens is 248 g/mol. The van der Waals surface area contributed by atoms with Crippen molar-refractivity contribution in [3.05, 3.63) is 54.4 Å². The number of rotatable bonds is 1. The van der Waals surface area contributed by atoms with Gasteiger partial charge in [0.15, 0.2) is 0 Å². The van der Waals surface area contributed by atoms with Crippen LogP contribution in [0.15, 0.2) is 48.8 Å². The van der Waals surface area contributed by atoms with Crippen molar-refractivity contribution in [2.75, 3.05) is 0 Å². The molecule has 0 atom stereocenters. The minimum atomic E-state index is 0.874. The monoisotopic (exact) mass is 260 g/mol. The number of aromatic nitrogens is 4. The predicted molar refractivity (Wildman–Crippen MR) is 79.4 cm³/mol. The van der Waals surface area contributed by atoms with E-state index in [0.717, 1.165) is 33.2 Å². The molecular formula is C16H12N4. The molecule has 20 heavy (non-hydrogen) atoms. The summed E-state index contributed by atoms with van der Waals surface area (Å²) < 4.78 is 0. The summed E-state index contributed by atoms with van der Waals surface area (Å²) in [5.41, 5.74) is 5.97. The van der Waals surface area contributed by atoms with Gasteiger partial charge < -0.3 is 0 Å². The summed E-state index contributed by atoms with van der Waals surface area (Å²) in [7, 11) is 0. The summed E-state index contributed by atoms with van der Waals surface area (Å²) in [5.74, 6) is 0. The third-order valence-electron chi connectivity index (χ3n) is 3.52. The second kappa shape index (κ2) is 4.13. The van der Waals surface area contributed by atoms with Crippen LogP contribution in [0, 0.1) is 6.92 Å². The molecule has 96 valence electrons. The van der Waals surface area contributed by atoms with E-state index in [4.69, 9.17) is 4.98 Å². The topological polar surface area (TPSA) is 54.5 Å². The highest BCUT2D eigenvalue weighted by atomic mass is 15.1. The van der Waals surface area contributed by atoms with Gasteiger partial charge in [0.25, 0.3) is 0 Å². The molecule has 4 heteroatoms. The van der Waals surface area contributed by atoms with Crippen LogP contribution in [0.5, 0.6) is 0 Å². The average Bonchev–Trinajstić information content (AvgIpc) is 2.92. The fraction of sp³-hybridized carbons (Fsp3) is 0.0625. The Bertz CT molecular complexity index is 924. The zero-order valence-corrected chi connectivity index (χ0v) is 11.0. The third kappa shape index (κ3) is 1.66. The van der Waals surface area contributed by atoms with E-state index < -0.39 is 0 Å². The smallest absolute Gasteiger partial charge is 0.0909 e. The van der Waals surface area contributed by atoms with Crippen LogP contribution in [-0.4, -0.2) is 20.2 Å². The van der Waals surface area contributed by atoms with Gasteiger partial charge in [0.2, 0.25) is 0 Å². The van der Waals surface area contributed by atoms with Gasteiger partial charge in [-0.2, -0.15) is 5.10 Å². The highest BCUT2D eigenvalue weighted by Gasteiger charge is 2.06. The van der Waals surface area contributed by atoms with Crippen molar-refractivity contribution >= 4 is 21.9 Å². The molecule has 0 unspecified atom stereocenters. The molecule has 0 aliphatic heterocycles. The number of fused-ring (bicyclic) bond motifs is 2. The van der Waals surface area contributed by atoms with E-state index in [-0.39, 0.29) is 0 Å². The zero-order valence-electron chi connectivity index (χ0n) is 11.0. The maximum Gasteiger partial charge on any atom is 0.0909 e. The second-order valence-corrected chi connectivity index (χ2v) is 4.87. The molecule has 2 aromatic heterocycles. The van der Waals surface area contributed by atoms with Gasteiger partial charge in [0.05, 0.1) is 34.6 Å². The van der Waals surface area contributed by atoms with Crippen LogP contribution >= 0.6 is 0 Å². The molecule has 2 heterocycles. The summed E-state index contributed by atoms with van der Waals surface area (Å²) >= 11 is 0. The number of nitrogens with zero attached hydrogens (tertiary/aromatic N) is 3. The van der Waals surface area contributed by atoms with Crippen LogP contribution < -0.4 is 0 Å². The van der Waals surface area contributed by atoms with Crippen LogP contribution in [0.2, 0.25) is 0 Å². The van der Waals surface area contributed by atoms with Crippen molar-refractivity contribution in [1.29, 1.82) is 0 Å². The molecule has 0 saturated heterocycles. The highest BCUT2D eigenvalue weighted by molar-refractivity contribution is 5.93. The minimum Gasteiger partial charge on any atom is -0.278 e. The van der Waals surface area contributed by atoms with Crippen molar-refractivity contribution in [1.82, 2.24) is 20.2 Å². The summed E-state index contributed by atoms with van der Waals surface area (Å²) in [4.78, 5) is 9.25. The average molecular weight is 260 g/mol. The molecule has 0 bridgehead atoms. The van der Waals surface area contributed by atoms with Gasteiger partial charge >= 0.3 is 0 Å². The van der Waals surface area contributed by atoms with Crippen LogP contribution in [0.3, 0.4) is 0 Å². The summed E-state index contributed by atoms with van der Waals surface area (Å²) in [6.07, 6.45) is 3.63. The lowest BCUT2D eigenvalue weighted by Crippen LogP contribution is -1.90. The normalized spacial score (nSPS) is 11.2. The molecule has 0 saturated carbocycles. The number of benzene rings is 2. The lowest BCUT2D eigenvalue weighted by atomic mass is 10.1. The van der Waals surface area contributed by atoms with Gasteiger partial charge in [0.1, 0.15) is 0 Å². The number of nitrogens with one attached hydrogen (secondary N) is 1. The number of aryl methyl sites for hydroxylation is 1. The molecule has 0 fully saturated rings. The molecule has 1 N–H and O–H groups in total. The Morgan fingerprint density at radius 1 is 1.00 bits per heavy atom. The first-order chi connectivity index (χ1) is 9.81. The van der Waals surface area contributed by atoms with Gasteiger partial charge in [-0.25, -0.2) is 4.98 Å². The van der Waals surface area contributed by atoms with Gasteiger partial charge in [0, 0.05) is 10.9 Å². The molecule has 0 aliphatic rings. The van der Waals surface area contributed by atoms with E-state index in [2.05, 4.69) is 34.2 Å². The Hall–Kier alpha value is -2.75. The first-order valence-corrected chi connectivity index (χ1v) is 6.47. The second-order valence-electron chi connectivity index (χ2n) is 4.87. The van der Waals surface area contributed by atoms with Crippen molar-refractivity contribution < 1.29 is 0 Å². The molecule has 4 rings (SSSR count). The van der Waals surface area contributed by atoms with Crippen LogP contribution in [0.25, 0.3) is 33.2 Å². The quantitative estimate of drug-likeness (QED) is 0.570. The standard InChI is InChI=1S/C16H12N4/c1-10-4-2-3-5-12(10)16-9-17-14-7-13-11(8-18-20-13)6-15(14)19-16/h2-9H,1H3,(H,18,20). The molecule has 0 aliphatic carbocycles. The van der Waals surface area contributed by atoms with Crippen LogP contribution in [0.4, 0.5) is 0 Å². The van der Waals surface area contributed by atoms with Crippen molar-refractivity contribution in [3.8, 4) is 11.3 Å². The molecule has 0 radical (unpaired) electrons. The zero-order chi connectivity index (χ0) is 13.5. The fourth-order valence-corrected chi connectivity index (χ4v) is 2.44. The molecule has 4 aromatic rings. The number of aromatic amines is 1. The van der Waals surface area contributed by atoms with Crippen molar-refractivity contribution in [2.45, 2.75) is 6.92 Å². The summed E-state index contributed by atoms with van der Waals surface area (Å²) in [6.45, 7) is 2.08. The molecule has 4 nitrogen and oxygen atoms in total. The SMILES string of the molecule is Cc1ccccc1-c1cnc2cc3[nH]ncc3cc2n1. The van der Waals surface area contributed by atoms with E-state index in [9.17, 15) is 0 Å². The van der Waals surface area contributed by atoms with Crippen molar-refractivity contribution in [3.63, 3.8) is 0 Å². The van der Waals surface area contributed by atoms with E-state index in [1.165, 1.54) is 5.56 Å². The Kier molecular flexibility index (Phi) is 2.29. The predicted octanol–water partition coefficient (Wildman–Crippen LogP) is 3.48. The van der Waals surface area contributed by atoms with Gasteiger partial charge in [-0.1, -0.05) is 24.3 Å². The van der Waals surface area contributed by atoms with Gasteiger partial charge in [-0.3, -0.25) is 10.1 Å². The first-order valence-electron chi connectivity index (χ1n) is 6.47. The van der Waals surface area contributed by atoms with Gasteiger partial charge in [-0.05, 0) is 24.6 Å². The third-order valence-corrected chi connectivity index (χ3v) is 3.52. The number of H-pyrrole nitrogens is 1. The maximum atomic E-state index is 4.73. The molecule has 0 amide bonds. The lowest BCUT2D eigenvalue weighted by Gasteiger charge is -2.05. The lowest BCUT2D eigenvalue weighted by molar-refractivity contribution is 1.12. The summed E-state index contributed by atoms with van der Waals surface area (Å²) in [5, 5.41) is 8.04. The van der Waals surface area contributed by atoms with E-state index in [0.29, 0.717) is 0 Å². The first kappa shape index (κ1) is 11.1. The van der Waals surface area contributed by atoms with E-state index >= 15 is 0 Å². The Balaban J connectivity index is 1.98. The van der Waals surface area contributed by atoms with E-state index in [1.807, 2.05) is 30.5 Å². The Labute approximate surface area is 115 Å². The fourth-order valence-electron chi connectivity index (χ4n) is 2.44. The van der Waals surface area contributed by atoms with Crippen LogP contribution in [0.1, 0.15) is 5.56 Å². The van der Waals surface area contributed by atoms with Gasteiger partial charge in [-0.15, -0.1) is 0 Å². The molecule has 2 aromatic carbocycles. The number of hydrogen-bond acceptors (Lipinski definition) is 3. The summed E-state index contributed by atoms with van der Waals surface area (Å²) in [6, 6.07) is 12.2. The Morgan fingerprint density at radius 2 is 1.90 bits per heavy atom. The molecule has 0 spiro atoms. The number of hydrogen-bond donors (Lipinski definition) is 1. The van der Waals surface area contributed by atoms with Crippen molar-refractivity contribution in [2.24, 2.45) is 0 Å². The highest BCUT2D eigenvalue weighted by Crippen LogP contribution is 2.24. The van der Waals surface area contributed by atoms with E-state index in [1.54, 1.807) is 6.20 Å². The Morgan fingerprint density at radius 3 is 2.80 bits per heavy atom. The maximum absolute atomic E-state index is 4.73. The largest absolute Gasteiger partial charge is 0.278 e. The minimum absolute atomic E-state index is 0.874. The van der Waals surface area contributed by atoms with Crippen LogP contribution in [-0.2, 0) is 0 Å².